The molecule has 1 spiro atoms. The molecule has 150 valence electrons. The molecule has 0 saturated carbocycles. The number of alkyl halides is 3. The fourth-order valence-corrected chi connectivity index (χ4v) is 4.03. The summed E-state index contributed by atoms with van der Waals surface area (Å²) in [6.45, 7) is 2.52. The zero-order valence-electron chi connectivity index (χ0n) is 15.0. The normalized spacial score (nSPS) is 19.4. The first-order valence-corrected chi connectivity index (χ1v) is 9.09. The minimum absolute atomic E-state index is 0.119. The van der Waals surface area contributed by atoms with Crippen molar-refractivity contribution in [2.24, 2.45) is 5.41 Å². The molecule has 2 saturated heterocycles. The van der Waals surface area contributed by atoms with Crippen LogP contribution in [-0.2, 0) is 6.18 Å². The number of aromatic nitrogens is 3. The number of benzene rings is 1. The van der Waals surface area contributed by atoms with Gasteiger partial charge in [0.05, 0.1) is 0 Å². The zero-order chi connectivity index (χ0) is 19.9. The molecule has 3 heterocycles. The molecule has 2 aliphatic heterocycles. The Kier molecular flexibility index (Phi) is 4.60. The Hall–Kier alpha value is -2.49. The molecule has 1 aromatic heterocycles. The number of hydrogen-bond acceptors (Lipinski definition) is 4. The summed E-state index contributed by atoms with van der Waals surface area (Å²) in [6.07, 6.45) is -2.45. The molecule has 1 aromatic carbocycles. The van der Waals surface area contributed by atoms with Crippen molar-refractivity contribution < 1.29 is 22.4 Å². The van der Waals surface area contributed by atoms with E-state index in [1.807, 2.05) is 0 Å². The number of halogens is 4. The predicted octanol–water partition coefficient (Wildman–Crippen LogP) is 2.64. The Bertz CT molecular complexity index is 878. The second-order valence-electron chi connectivity index (χ2n) is 7.37. The van der Waals surface area contributed by atoms with E-state index in [1.165, 1.54) is 17.0 Å². The molecule has 10 heteroatoms. The van der Waals surface area contributed by atoms with Gasteiger partial charge in [0.2, 0.25) is 0 Å². The third kappa shape index (κ3) is 3.25. The van der Waals surface area contributed by atoms with E-state index in [9.17, 15) is 22.4 Å². The summed E-state index contributed by atoms with van der Waals surface area (Å²) in [5.74, 6) is -1.71. The van der Waals surface area contributed by atoms with Crippen molar-refractivity contribution in [2.45, 2.75) is 25.4 Å². The van der Waals surface area contributed by atoms with E-state index in [-0.39, 0.29) is 5.41 Å². The van der Waals surface area contributed by atoms with Crippen molar-refractivity contribution in [3.63, 3.8) is 0 Å². The van der Waals surface area contributed by atoms with Crippen LogP contribution >= 0.6 is 0 Å². The fraction of sp³-hybridized carbons (Fsp3) is 0.500. The largest absolute Gasteiger partial charge is 0.435 e. The number of para-hydroxylation sites is 1. The van der Waals surface area contributed by atoms with Gasteiger partial charge in [-0.25, -0.2) is 9.07 Å². The van der Waals surface area contributed by atoms with Crippen LogP contribution in [0.3, 0.4) is 0 Å². The van der Waals surface area contributed by atoms with E-state index >= 15 is 0 Å². The van der Waals surface area contributed by atoms with Gasteiger partial charge in [0.15, 0.2) is 11.4 Å². The molecule has 28 heavy (non-hydrogen) atoms. The summed E-state index contributed by atoms with van der Waals surface area (Å²) in [4.78, 5) is 14.2. The lowest BCUT2D eigenvalue weighted by molar-refractivity contribution is -0.143. The molecule has 6 nitrogen and oxygen atoms in total. The zero-order valence-corrected chi connectivity index (χ0v) is 15.0. The molecule has 2 aliphatic rings. The molecule has 0 unspecified atom stereocenters. The van der Waals surface area contributed by atoms with Crippen molar-refractivity contribution >= 4 is 5.91 Å². The maximum Gasteiger partial charge on any atom is 0.435 e. The molecule has 2 fully saturated rings. The second kappa shape index (κ2) is 6.84. The van der Waals surface area contributed by atoms with Gasteiger partial charge in [-0.15, -0.1) is 5.10 Å². The highest BCUT2D eigenvalue weighted by atomic mass is 19.4. The van der Waals surface area contributed by atoms with Crippen LogP contribution < -0.4 is 5.32 Å². The van der Waals surface area contributed by atoms with Crippen molar-refractivity contribution in [3.05, 3.63) is 41.5 Å². The van der Waals surface area contributed by atoms with E-state index in [2.05, 4.69) is 15.6 Å². The van der Waals surface area contributed by atoms with Crippen LogP contribution in [0.2, 0.25) is 0 Å². The van der Waals surface area contributed by atoms with Gasteiger partial charge in [0, 0.05) is 19.6 Å². The molecule has 0 atom stereocenters. The number of hydrogen-bond donors (Lipinski definition) is 1. The smallest absolute Gasteiger partial charge is 0.337 e. The van der Waals surface area contributed by atoms with E-state index in [4.69, 9.17) is 0 Å². The Morgan fingerprint density at radius 1 is 1.14 bits per heavy atom. The van der Waals surface area contributed by atoms with Gasteiger partial charge in [0.25, 0.3) is 5.91 Å². The Morgan fingerprint density at radius 2 is 1.86 bits per heavy atom. The number of carbonyl (C=O) groups is 1. The van der Waals surface area contributed by atoms with Crippen LogP contribution in [0.15, 0.2) is 24.3 Å². The first kappa shape index (κ1) is 18.9. The van der Waals surface area contributed by atoms with E-state index in [0.29, 0.717) is 17.8 Å². The Labute approximate surface area is 158 Å². The van der Waals surface area contributed by atoms with Crippen molar-refractivity contribution in [1.82, 2.24) is 25.2 Å². The summed E-state index contributed by atoms with van der Waals surface area (Å²) in [7, 11) is 0. The molecule has 0 bridgehead atoms. The lowest BCUT2D eigenvalue weighted by atomic mass is 9.78. The SMILES string of the molecule is O=C(c1nnn(-c2ccccc2F)c1C(F)(F)F)N1CCC2(CCNC2)CC1. The Morgan fingerprint density at radius 3 is 2.46 bits per heavy atom. The maximum atomic E-state index is 14.0. The van der Waals surface area contributed by atoms with Crippen LogP contribution in [0.4, 0.5) is 17.6 Å². The number of nitrogens with zero attached hydrogens (tertiary/aromatic N) is 4. The summed E-state index contributed by atoms with van der Waals surface area (Å²) < 4.78 is 55.6. The van der Waals surface area contributed by atoms with Crippen LogP contribution in [0, 0.1) is 11.2 Å². The predicted molar refractivity (Wildman–Crippen MR) is 91.4 cm³/mol. The summed E-state index contributed by atoms with van der Waals surface area (Å²) in [5, 5.41) is 10.2. The number of piperidine rings is 1. The van der Waals surface area contributed by atoms with E-state index < -0.39 is 35.0 Å². The number of nitrogens with one attached hydrogen (secondary N) is 1. The maximum absolute atomic E-state index is 14.0. The van der Waals surface area contributed by atoms with Crippen molar-refractivity contribution in [1.29, 1.82) is 0 Å². The van der Waals surface area contributed by atoms with Gasteiger partial charge in [-0.3, -0.25) is 4.79 Å². The molecule has 1 N–H and O–H groups in total. The monoisotopic (exact) mass is 397 g/mol. The van der Waals surface area contributed by atoms with Gasteiger partial charge < -0.3 is 10.2 Å². The van der Waals surface area contributed by atoms with Gasteiger partial charge in [0.1, 0.15) is 11.5 Å². The number of rotatable bonds is 2. The number of carbonyl (C=O) groups excluding carboxylic acids is 1. The summed E-state index contributed by atoms with van der Waals surface area (Å²) >= 11 is 0. The van der Waals surface area contributed by atoms with Crippen LogP contribution in [0.5, 0.6) is 0 Å². The number of likely N-dealkylation sites (tertiary alicyclic amines) is 1. The topological polar surface area (TPSA) is 63.1 Å². The van der Waals surface area contributed by atoms with Gasteiger partial charge >= 0.3 is 6.18 Å². The van der Waals surface area contributed by atoms with Crippen molar-refractivity contribution in [3.8, 4) is 5.69 Å². The Balaban J connectivity index is 1.65. The quantitative estimate of drug-likeness (QED) is 0.792. The first-order valence-electron chi connectivity index (χ1n) is 9.09. The summed E-state index contributed by atoms with van der Waals surface area (Å²) in [6, 6.07) is 4.93. The minimum Gasteiger partial charge on any atom is -0.337 e. The van der Waals surface area contributed by atoms with E-state index in [0.717, 1.165) is 44.5 Å². The highest BCUT2D eigenvalue weighted by Crippen LogP contribution is 2.38. The number of amides is 1. The fourth-order valence-electron chi connectivity index (χ4n) is 4.03. The second-order valence-corrected chi connectivity index (χ2v) is 7.37. The van der Waals surface area contributed by atoms with Crippen LogP contribution in [-0.4, -0.2) is 52.0 Å². The highest BCUT2D eigenvalue weighted by molar-refractivity contribution is 5.93. The summed E-state index contributed by atoms with van der Waals surface area (Å²) in [5.41, 5.74) is -2.44. The third-order valence-corrected chi connectivity index (χ3v) is 5.67. The minimum atomic E-state index is -4.91. The standard InChI is InChI=1S/C18H19F4N5O/c19-12-3-1-2-4-13(12)27-15(18(20,21)22)14(24-25-27)16(28)26-9-6-17(7-10-26)5-8-23-11-17/h1-4,23H,5-11H2. The lowest BCUT2D eigenvalue weighted by Crippen LogP contribution is -2.44. The highest BCUT2D eigenvalue weighted by Gasteiger charge is 2.45. The molecule has 4 rings (SSSR count). The third-order valence-electron chi connectivity index (χ3n) is 5.67. The van der Waals surface area contributed by atoms with Gasteiger partial charge in [-0.05, 0) is 43.4 Å². The molecular formula is C18H19F4N5O. The average Bonchev–Trinajstić information content (AvgIpc) is 3.29. The molecule has 2 aromatic rings. The molecule has 0 aliphatic carbocycles. The van der Waals surface area contributed by atoms with E-state index in [1.54, 1.807) is 0 Å². The van der Waals surface area contributed by atoms with Gasteiger partial charge in [-0.1, -0.05) is 17.3 Å². The van der Waals surface area contributed by atoms with Crippen molar-refractivity contribution in [2.75, 3.05) is 26.2 Å². The first-order chi connectivity index (χ1) is 13.3. The van der Waals surface area contributed by atoms with Gasteiger partial charge in [-0.2, -0.15) is 13.2 Å². The molecular weight excluding hydrogens is 378 g/mol. The van der Waals surface area contributed by atoms with Crippen LogP contribution in [0.25, 0.3) is 5.69 Å². The van der Waals surface area contributed by atoms with Crippen LogP contribution in [0.1, 0.15) is 35.4 Å². The molecule has 1 amide bonds. The molecule has 0 radical (unpaired) electrons. The average molecular weight is 397 g/mol. The lowest BCUT2D eigenvalue weighted by Gasteiger charge is -2.38.